The number of aromatic nitrogens is 3. The Morgan fingerprint density at radius 3 is 2.72 bits per heavy atom. The molecule has 166 valence electrons. The minimum Gasteiger partial charge on any atom is -0.439 e. The largest absolute Gasteiger partial charge is 0.439 e. The van der Waals surface area contributed by atoms with Crippen molar-refractivity contribution in [2.75, 3.05) is 28.7 Å². The molecule has 9 heteroatoms. The summed E-state index contributed by atoms with van der Waals surface area (Å²) in [6, 6.07) is 9.29. The molecule has 0 bridgehead atoms. The molecule has 2 aliphatic rings. The minimum atomic E-state index is -0.315. The standard InChI is InChI=1S/C22H21FN6O2.CH4/c1-28-18-13-26-22(27-20(18)29-10-2-3-17(29)21(28)30)25-12-14-4-9-19(24-11-14)31-16-7-5-15(23)6-8-16;/h4-9,11,13,17H,2-3,10,12H2,1H3,(H,25,26,27);1H4/t17-;/m0./s1. The lowest BCUT2D eigenvalue weighted by molar-refractivity contribution is -0.119. The number of hydrogen-bond acceptors (Lipinski definition) is 7. The van der Waals surface area contributed by atoms with Crippen LogP contribution >= 0.6 is 0 Å². The highest BCUT2D eigenvalue weighted by molar-refractivity contribution is 6.04. The molecule has 8 nitrogen and oxygen atoms in total. The fraction of sp³-hybridized carbons (Fsp3) is 0.304. The van der Waals surface area contributed by atoms with Gasteiger partial charge in [0.25, 0.3) is 0 Å². The maximum absolute atomic E-state index is 13.0. The first-order valence-electron chi connectivity index (χ1n) is 10.1. The SMILES string of the molecule is C.CN1C(=O)[C@@H]2CCCN2c2nc(NCc3ccc(Oc4ccc(F)cc4)nc3)ncc21. The quantitative estimate of drug-likeness (QED) is 0.647. The molecule has 4 heterocycles. The highest BCUT2D eigenvalue weighted by Crippen LogP contribution is 2.37. The molecule has 1 atom stereocenters. The molecule has 0 saturated carbocycles. The van der Waals surface area contributed by atoms with Crippen molar-refractivity contribution >= 4 is 23.4 Å². The normalized spacial score (nSPS) is 16.8. The Morgan fingerprint density at radius 1 is 1.16 bits per heavy atom. The average molecular weight is 436 g/mol. The summed E-state index contributed by atoms with van der Waals surface area (Å²) in [7, 11) is 1.77. The molecular weight excluding hydrogens is 411 g/mol. The number of likely N-dealkylation sites (N-methyl/N-ethyl adjacent to an activating group) is 1. The van der Waals surface area contributed by atoms with Crippen molar-refractivity contribution in [2.24, 2.45) is 0 Å². The maximum atomic E-state index is 13.0. The number of anilines is 3. The Labute approximate surface area is 186 Å². The molecule has 2 aromatic heterocycles. The third kappa shape index (κ3) is 4.05. The molecule has 0 unspecified atom stereocenters. The number of ether oxygens (including phenoxy) is 1. The second-order valence-corrected chi connectivity index (χ2v) is 7.57. The molecule has 1 N–H and O–H groups in total. The molecule has 0 aliphatic carbocycles. The van der Waals surface area contributed by atoms with Gasteiger partial charge in [-0.1, -0.05) is 13.5 Å². The summed E-state index contributed by atoms with van der Waals surface area (Å²) in [5.74, 6) is 2.02. The molecule has 0 spiro atoms. The first kappa shape index (κ1) is 21.5. The molecular formula is C23H25FN6O2. The average Bonchev–Trinajstić information content (AvgIpc) is 3.29. The predicted molar refractivity (Wildman–Crippen MR) is 121 cm³/mol. The zero-order valence-corrected chi connectivity index (χ0v) is 17.0. The van der Waals surface area contributed by atoms with Crippen LogP contribution in [0.4, 0.5) is 21.8 Å². The number of carbonyl (C=O) groups is 1. The van der Waals surface area contributed by atoms with Gasteiger partial charge in [0.1, 0.15) is 23.3 Å². The number of benzene rings is 1. The monoisotopic (exact) mass is 436 g/mol. The van der Waals surface area contributed by atoms with Gasteiger partial charge in [0.15, 0.2) is 5.82 Å². The number of hydrogen-bond donors (Lipinski definition) is 1. The predicted octanol–water partition coefficient (Wildman–Crippen LogP) is 4.00. The first-order chi connectivity index (χ1) is 15.1. The van der Waals surface area contributed by atoms with Gasteiger partial charge in [-0.2, -0.15) is 4.98 Å². The van der Waals surface area contributed by atoms with Gasteiger partial charge in [-0.05, 0) is 42.7 Å². The first-order valence-corrected chi connectivity index (χ1v) is 10.1. The van der Waals surface area contributed by atoms with E-state index in [1.54, 1.807) is 42.5 Å². The summed E-state index contributed by atoms with van der Waals surface area (Å²) in [5.41, 5.74) is 1.66. The van der Waals surface area contributed by atoms with Crippen LogP contribution in [0.15, 0.2) is 48.8 Å². The van der Waals surface area contributed by atoms with E-state index in [0.29, 0.717) is 24.1 Å². The molecule has 1 saturated heterocycles. The fourth-order valence-corrected chi connectivity index (χ4v) is 3.90. The Morgan fingerprint density at radius 2 is 1.97 bits per heavy atom. The van der Waals surface area contributed by atoms with Crippen molar-refractivity contribution in [1.82, 2.24) is 15.0 Å². The Hall–Kier alpha value is -3.75. The van der Waals surface area contributed by atoms with E-state index in [1.807, 2.05) is 6.07 Å². The van der Waals surface area contributed by atoms with Crippen molar-refractivity contribution in [2.45, 2.75) is 32.9 Å². The lowest BCUT2D eigenvalue weighted by Crippen LogP contribution is -2.49. The maximum Gasteiger partial charge on any atom is 0.249 e. The summed E-state index contributed by atoms with van der Waals surface area (Å²) in [4.78, 5) is 29.6. The van der Waals surface area contributed by atoms with Gasteiger partial charge in [-0.25, -0.2) is 14.4 Å². The van der Waals surface area contributed by atoms with E-state index in [-0.39, 0.29) is 25.2 Å². The molecule has 2 aliphatic heterocycles. The van der Waals surface area contributed by atoms with Crippen LogP contribution in [-0.4, -0.2) is 40.5 Å². The van der Waals surface area contributed by atoms with Crippen LogP contribution in [0, 0.1) is 5.82 Å². The number of nitrogens with zero attached hydrogens (tertiary/aromatic N) is 5. The molecule has 1 aromatic carbocycles. The minimum absolute atomic E-state index is 0. The van der Waals surface area contributed by atoms with E-state index in [2.05, 4.69) is 25.2 Å². The molecule has 3 aromatic rings. The van der Waals surface area contributed by atoms with Crippen LogP contribution in [0.3, 0.4) is 0 Å². The van der Waals surface area contributed by atoms with Crippen molar-refractivity contribution in [3.8, 4) is 11.6 Å². The van der Waals surface area contributed by atoms with Gasteiger partial charge < -0.3 is 19.9 Å². The van der Waals surface area contributed by atoms with Gasteiger partial charge >= 0.3 is 0 Å². The van der Waals surface area contributed by atoms with E-state index in [0.717, 1.165) is 36.5 Å². The smallest absolute Gasteiger partial charge is 0.249 e. The van der Waals surface area contributed by atoms with Gasteiger partial charge in [0, 0.05) is 32.4 Å². The van der Waals surface area contributed by atoms with Crippen molar-refractivity contribution in [3.63, 3.8) is 0 Å². The summed E-state index contributed by atoms with van der Waals surface area (Å²) >= 11 is 0. The van der Waals surface area contributed by atoms with Crippen molar-refractivity contribution < 1.29 is 13.9 Å². The second-order valence-electron chi connectivity index (χ2n) is 7.57. The molecule has 1 amide bonds. The van der Waals surface area contributed by atoms with E-state index in [9.17, 15) is 9.18 Å². The van der Waals surface area contributed by atoms with Gasteiger partial charge in [-0.3, -0.25) is 4.79 Å². The van der Waals surface area contributed by atoms with Crippen molar-refractivity contribution in [1.29, 1.82) is 0 Å². The van der Waals surface area contributed by atoms with Gasteiger partial charge in [0.05, 0.1) is 6.20 Å². The molecule has 1 fully saturated rings. The van der Waals surface area contributed by atoms with Crippen LogP contribution in [0.1, 0.15) is 25.8 Å². The van der Waals surface area contributed by atoms with Crippen LogP contribution in [0.2, 0.25) is 0 Å². The van der Waals surface area contributed by atoms with Gasteiger partial charge in [-0.15, -0.1) is 0 Å². The van der Waals surface area contributed by atoms with E-state index in [1.165, 1.54) is 12.1 Å². The van der Waals surface area contributed by atoms with Crippen LogP contribution in [-0.2, 0) is 11.3 Å². The number of amides is 1. The number of halogens is 1. The van der Waals surface area contributed by atoms with E-state index < -0.39 is 0 Å². The highest BCUT2D eigenvalue weighted by Gasteiger charge is 2.40. The molecule has 0 radical (unpaired) electrons. The number of rotatable bonds is 5. The van der Waals surface area contributed by atoms with Crippen molar-refractivity contribution in [3.05, 3.63) is 60.2 Å². The Balaban J connectivity index is 0.00000245. The Kier molecular flexibility index (Phi) is 5.89. The lowest BCUT2D eigenvalue weighted by Gasteiger charge is -2.36. The van der Waals surface area contributed by atoms with Crippen LogP contribution in [0.25, 0.3) is 0 Å². The van der Waals surface area contributed by atoms with Crippen LogP contribution < -0.4 is 19.9 Å². The third-order valence-corrected chi connectivity index (χ3v) is 5.54. The summed E-state index contributed by atoms with van der Waals surface area (Å²) < 4.78 is 18.6. The van der Waals surface area contributed by atoms with E-state index >= 15 is 0 Å². The van der Waals surface area contributed by atoms with Gasteiger partial charge in [0.2, 0.25) is 17.7 Å². The summed E-state index contributed by atoms with van der Waals surface area (Å²) in [6.45, 7) is 1.31. The number of carbonyl (C=O) groups excluding carboxylic acids is 1. The summed E-state index contributed by atoms with van der Waals surface area (Å²) in [5, 5.41) is 3.22. The fourth-order valence-electron chi connectivity index (χ4n) is 3.90. The van der Waals surface area contributed by atoms with E-state index in [4.69, 9.17) is 4.74 Å². The second kappa shape index (κ2) is 8.78. The molecule has 32 heavy (non-hydrogen) atoms. The topological polar surface area (TPSA) is 83.5 Å². The zero-order valence-electron chi connectivity index (χ0n) is 17.0. The van der Waals surface area contributed by atoms with Crippen LogP contribution in [0.5, 0.6) is 11.6 Å². The number of pyridine rings is 1. The lowest BCUT2D eigenvalue weighted by atomic mass is 10.1. The third-order valence-electron chi connectivity index (χ3n) is 5.54. The summed E-state index contributed by atoms with van der Waals surface area (Å²) in [6.07, 6.45) is 5.23. The Bertz CT molecular complexity index is 1110. The highest BCUT2D eigenvalue weighted by atomic mass is 19.1. The number of fused-ring (bicyclic) bond motifs is 3. The zero-order chi connectivity index (χ0) is 21.4. The molecule has 5 rings (SSSR count). The number of nitrogens with one attached hydrogen (secondary N) is 1.